The van der Waals surface area contributed by atoms with Crippen LogP contribution in [-0.2, 0) is 11.2 Å². The fourth-order valence-electron chi connectivity index (χ4n) is 4.19. The summed E-state index contributed by atoms with van der Waals surface area (Å²) in [5.41, 5.74) is 1.74. The number of ether oxygens (including phenoxy) is 1. The fraction of sp³-hybridized carbons (Fsp3) is 0.391. The van der Waals surface area contributed by atoms with E-state index >= 15 is 0 Å². The summed E-state index contributed by atoms with van der Waals surface area (Å²) in [6.07, 6.45) is 2.08. The molecule has 5 nitrogen and oxygen atoms in total. The summed E-state index contributed by atoms with van der Waals surface area (Å²) in [7, 11) is 1.62. The first-order chi connectivity index (χ1) is 14.1. The maximum atomic E-state index is 13.2. The summed E-state index contributed by atoms with van der Waals surface area (Å²) in [5.74, 6) is 1.93. The molecule has 0 bridgehead atoms. The number of thioether (sulfide) groups is 1. The Hall–Kier alpha value is -2.47. The molecule has 152 valence electrons. The molecule has 2 aromatic carbocycles. The van der Waals surface area contributed by atoms with E-state index in [1.807, 2.05) is 76.2 Å². The fourth-order valence-corrected chi connectivity index (χ4v) is 5.64. The number of amides is 2. The van der Waals surface area contributed by atoms with Crippen LogP contribution < -0.4 is 4.74 Å². The zero-order chi connectivity index (χ0) is 20.3. The summed E-state index contributed by atoms with van der Waals surface area (Å²) in [6, 6.07) is 17.2. The number of piperidine rings is 1. The van der Waals surface area contributed by atoms with Crippen molar-refractivity contribution < 1.29 is 14.3 Å². The first kappa shape index (κ1) is 19.8. The van der Waals surface area contributed by atoms with E-state index in [1.54, 1.807) is 7.11 Å². The Morgan fingerprint density at radius 1 is 1.00 bits per heavy atom. The second-order valence-electron chi connectivity index (χ2n) is 7.52. The molecule has 0 aliphatic carbocycles. The molecule has 4 rings (SSSR count). The molecular weight excluding hydrogens is 384 g/mol. The number of likely N-dealkylation sites (tertiary alicyclic amines) is 1. The average Bonchev–Trinajstić information content (AvgIpc) is 3.17. The molecule has 0 atom stereocenters. The predicted molar refractivity (Wildman–Crippen MR) is 115 cm³/mol. The Bertz CT molecular complexity index is 861. The Morgan fingerprint density at radius 3 is 2.34 bits per heavy atom. The van der Waals surface area contributed by atoms with Gasteiger partial charge in [-0.15, -0.1) is 11.8 Å². The molecule has 2 aliphatic heterocycles. The molecule has 2 aromatic rings. The third-order valence-corrected chi connectivity index (χ3v) is 7.41. The first-order valence-corrected chi connectivity index (χ1v) is 11.0. The monoisotopic (exact) mass is 410 g/mol. The van der Waals surface area contributed by atoms with E-state index in [1.165, 1.54) is 0 Å². The van der Waals surface area contributed by atoms with Crippen molar-refractivity contribution in [2.24, 2.45) is 0 Å². The lowest BCUT2D eigenvalue weighted by Crippen LogP contribution is -2.53. The van der Waals surface area contributed by atoms with Gasteiger partial charge in [0, 0.05) is 31.0 Å². The lowest BCUT2D eigenvalue weighted by Gasteiger charge is -2.44. The van der Waals surface area contributed by atoms with Crippen molar-refractivity contribution in [3.8, 4) is 5.75 Å². The van der Waals surface area contributed by atoms with Gasteiger partial charge in [-0.05, 0) is 42.7 Å². The van der Waals surface area contributed by atoms with Gasteiger partial charge in [0.05, 0.1) is 18.4 Å². The summed E-state index contributed by atoms with van der Waals surface area (Å²) >= 11 is 1.86. The van der Waals surface area contributed by atoms with E-state index in [9.17, 15) is 9.59 Å². The van der Waals surface area contributed by atoms with Gasteiger partial charge in [0.25, 0.3) is 5.91 Å². The van der Waals surface area contributed by atoms with Crippen LogP contribution in [0.2, 0.25) is 0 Å². The van der Waals surface area contributed by atoms with E-state index in [0.717, 1.165) is 36.5 Å². The maximum Gasteiger partial charge on any atom is 0.255 e. The van der Waals surface area contributed by atoms with Gasteiger partial charge in [-0.1, -0.05) is 30.3 Å². The van der Waals surface area contributed by atoms with Crippen LogP contribution in [0, 0.1) is 0 Å². The minimum Gasteiger partial charge on any atom is -0.497 e. The van der Waals surface area contributed by atoms with E-state index in [-0.39, 0.29) is 16.7 Å². The van der Waals surface area contributed by atoms with Gasteiger partial charge < -0.3 is 14.5 Å². The van der Waals surface area contributed by atoms with Gasteiger partial charge in [0.2, 0.25) is 5.91 Å². The zero-order valence-electron chi connectivity index (χ0n) is 16.7. The maximum absolute atomic E-state index is 13.2. The third-order valence-electron chi connectivity index (χ3n) is 5.86. The molecule has 2 saturated heterocycles. The normalized spacial score (nSPS) is 18.1. The van der Waals surface area contributed by atoms with Crippen LogP contribution >= 0.6 is 11.8 Å². The van der Waals surface area contributed by atoms with Crippen LogP contribution in [0.1, 0.15) is 28.8 Å². The van der Waals surface area contributed by atoms with Crippen LogP contribution in [0.3, 0.4) is 0 Å². The number of carbonyl (C=O) groups is 2. The minimum absolute atomic E-state index is 0.0710. The highest BCUT2D eigenvalue weighted by Gasteiger charge is 2.47. The molecule has 2 heterocycles. The number of benzene rings is 2. The van der Waals surface area contributed by atoms with Crippen molar-refractivity contribution in [1.29, 1.82) is 0 Å². The smallest absolute Gasteiger partial charge is 0.255 e. The molecule has 0 N–H and O–H groups in total. The molecule has 29 heavy (non-hydrogen) atoms. The van der Waals surface area contributed by atoms with Crippen molar-refractivity contribution in [3.05, 3.63) is 65.7 Å². The minimum atomic E-state index is -0.194. The highest BCUT2D eigenvalue weighted by Crippen LogP contribution is 2.44. The summed E-state index contributed by atoms with van der Waals surface area (Å²) in [5, 5.41) is 0. The Labute approximate surface area is 176 Å². The van der Waals surface area contributed by atoms with Gasteiger partial charge in [0.15, 0.2) is 0 Å². The molecule has 1 spiro atoms. The highest BCUT2D eigenvalue weighted by atomic mass is 32.2. The number of methoxy groups -OCH3 is 1. The molecule has 2 fully saturated rings. The van der Waals surface area contributed by atoms with Crippen molar-refractivity contribution in [2.75, 3.05) is 32.5 Å². The molecule has 0 unspecified atom stereocenters. The van der Waals surface area contributed by atoms with E-state index in [2.05, 4.69) is 0 Å². The van der Waals surface area contributed by atoms with Crippen molar-refractivity contribution >= 4 is 23.6 Å². The highest BCUT2D eigenvalue weighted by molar-refractivity contribution is 8.00. The number of hydrogen-bond acceptors (Lipinski definition) is 4. The molecule has 0 radical (unpaired) electrons. The van der Waals surface area contributed by atoms with Gasteiger partial charge in [-0.25, -0.2) is 0 Å². The molecule has 0 aromatic heterocycles. The summed E-state index contributed by atoms with van der Waals surface area (Å²) in [6.45, 7) is 2.16. The topological polar surface area (TPSA) is 49.9 Å². The van der Waals surface area contributed by atoms with E-state index in [4.69, 9.17) is 4.74 Å². The molecular formula is C23H26N2O3S. The molecule has 6 heteroatoms. The SMILES string of the molecule is COc1ccc(C(=O)N2CCSC23CCN(C(=O)Cc2ccccc2)CC3)cc1. The number of carbonyl (C=O) groups excluding carboxylic acids is 2. The lowest BCUT2D eigenvalue weighted by molar-refractivity contribution is -0.132. The van der Waals surface area contributed by atoms with E-state index < -0.39 is 0 Å². The van der Waals surface area contributed by atoms with Crippen molar-refractivity contribution in [2.45, 2.75) is 24.1 Å². The standard InChI is InChI=1S/C23H26N2O3S/c1-28-20-9-7-19(8-10-20)22(27)25-15-16-29-23(25)11-13-24(14-12-23)21(26)17-18-5-3-2-4-6-18/h2-10H,11-17H2,1H3. The Balaban J connectivity index is 1.41. The average molecular weight is 411 g/mol. The molecule has 0 saturated carbocycles. The predicted octanol–water partition coefficient (Wildman–Crippen LogP) is 3.45. The second-order valence-corrected chi connectivity index (χ2v) is 8.98. The van der Waals surface area contributed by atoms with Crippen LogP contribution in [0.5, 0.6) is 5.75 Å². The number of nitrogens with zero attached hydrogens (tertiary/aromatic N) is 2. The lowest BCUT2D eigenvalue weighted by atomic mass is 10.00. The second kappa shape index (κ2) is 8.49. The Morgan fingerprint density at radius 2 is 1.69 bits per heavy atom. The van der Waals surface area contributed by atoms with Crippen molar-refractivity contribution in [1.82, 2.24) is 9.80 Å². The van der Waals surface area contributed by atoms with Gasteiger partial charge >= 0.3 is 0 Å². The van der Waals surface area contributed by atoms with Gasteiger partial charge in [-0.2, -0.15) is 0 Å². The first-order valence-electron chi connectivity index (χ1n) is 10.0. The van der Waals surface area contributed by atoms with Crippen LogP contribution in [0.25, 0.3) is 0 Å². The van der Waals surface area contributed by atoms with Crippen LogP contribution in [0.15, 0.2) is 54.6 Å². The van der Waals surface area contributed by atoms with Crippen LogP contribution in [0.4, 0.5) is 0 Å². The largest absolute Gasteiger partial charge is 0.497 e. The summed E-state index contributed by atoms with van der Waals surface area (Å²) < 4.78 is 5.19. The van der Waals surface area contributed by atoms with Crippen molar-refractivity contribution in [3.63, 3.8) is 0 Å². The summed E-state index contributed by atoms with van der Waals surface area (Å²) in [4.78, 5) is 29.6. The molecule has 2 amide bonds. The van der Waals surface area contributed by atoms with E-state index in [0.29, 0.717) is 25.1 Å². The zero-order valence-corrected chi connectivity index (χ0v) is 17.5. The van der Waals surface area contributed by atoms with Gasteiger partial charge in [0.1, 0.15) is 5.75 Å². The number of rotatable bonds is 4. The van der Waals surface area contributed by atoms with Gasteiger partial charge in [-0.3, -0.25) is 9.59 Å². The quantitative estimate of drug-likeness (QED) is 0.775. The van der Waals surface area contributed by atoms with Crippen LogP contribution in [-0.4, -0.2) is 59.0 Å². The molecule has 2 aliphatic rings. The Kier molecular flexibility index (Phi) is 5.81. The third kappa shape index (κ3) is 4.13. The number of hydrogen-bond donors (Lipinski definition) is 0.